The summed E-state index contributed by atoms with van der Waals surface area (Å²) < 4.78 is 7.37. The molecule has 0 N–H and O–H groups in total. The van der Waals surface area contributed by atoms with Gasteiger partial charge in [0.05, 0.1) is 6.20 Å². The molecule has 7 nitrogen and oxygen atoms in total. The van der Waals surface area contributed by atoms with Crippen LogP contribution in [0.15, 0.2) is 47.3 Å². The fourth-order valence-electron chi connectivity index (χ4n) is 2.95. The van der Waals surface area contributed by atoms with Crippen LogP contribution in [0.4, 0.5) is 5.82 Å². The van der Waals surface area contributed by atoms with Gasteiger partial charge in [-0.25, -0.2) is 9.67 Å². The number of carbonyl (C=O) groups excluding carboxylic acids is 1. The first-order valence-electron chi connectivity index (χ1n) is 8.00. The predicted molar refractivity (Wildman–Crippen MR) is 86.7 cm³/mol. The molecule has 122 valence electrons. The topological polar surface area (TPSA) is 77.0 Å². The van der Waals surface area contributed by atoms with Crippen molar-refractivity contribution in [2.24, 2.45) is 0 Å². The van der Waals surface area contributed by atoms with Gasteiger partial charge in [0.25, 0.3) is 5.91 Å². The van der Waals surface area contributed by atoms with Gasteiger partial charge in [0, 0.05) is 18.9 Å². The van der Waals surface area contributed by atoms with E-state index >= 15 is 0 Å². The van der Waals surface area contributed by atoms with Gasteiger partial charge in [0.1, 0.15) is 18.1 Å². The average Bonchev–Trinajstić information content (AvgIpc) is 3.23. The second-order valence-corrected chi connectivity index (χ2v) is 5.77. The Morgan fingerprint density at radius 3 is 3.04 bits per heavy atom. The summed E-state index contributed by atoms with van der Waals surface area (Å²) in [5, 5.41) is 7.66. The van der Waals surface area contributed by atoms with Crippen molar-refractivity contribution in [1.29, 1.82) is 0 Å². The first-order valence-corrected chi connectivity index (χ1v) is 8.00. The molecule has 4 heterocycles. The van der Waals surface area contributed by atoms with Gasteiger partial charge >= 0.3 is 0 Å². The Bertz CT molecular complexity index is 840. The van der Waals surface area contributed by atoms with Gasteiger partial charge in [-0.2, -0.15) is 0 Å². The van der Waals surface area contributed by atoms with Crippen LogP contribution in [0.3, 0.4) is 0 Å². The van der Waals surface area contributed by atoms with Crippen molar-refractivity contribution in [3.05, 3.63) is 59.9 Å². The maximum atomic E-state index is 12.9. The van der Waals surface area contributed by atoms with E-state index in [1.807, 2.05) is 12.1 Å². The van der Waals surface area contributed by atoms with Gasteiger partial charge in [0.15, 0.2) is 5.76 Å². The third kappa shape index (κ3) is 2.80. The van der Waals surface area contributed by atoms with Crippen molar-refractivity contribution >= 4 is 11.7 Å². The van der Waals surface area contributed by atoms with Crippen LogP contribution >= 0.6 is 0 Å². The van der Waals surface area contributed by atoms with E-state index in [4.69, 9.17) is 4.42 Å². The van der Waals surface area contributed by atoms with E-state index in [1.54, 1.807) is 40.3 Å². The van der Waals surface area contributed by atoms with Crippen LogP contribution in [-0.2, 0) is 13.0 Å². The zero-order valence-electron chi connectivity index (χ0n) is 13.1. The van der Waals surface area contributed by atoms with Gasteiger partial charge in [-0.3, -0.25) is 9.69 Å². The molecule has 0 saturated heterocycles. The lowest BCUT2D eigenvalue weighted by Crippen LogP contribution is -2.32. The highest BCUT2D eigenvalue weighted by Gasteiger charge is 2.25. The number of rotatable bonds is 3. The average molecular weight is 323 g/mol. The molecule has 0 fully saturated rings. The summed E-state index contributed by atoms with van der Waals surface area (Å²) in [5.41, 5.74) is 1.11. The zero-order chi connectivity index (χ0) is 16.4. The molecule has 3 aromatic rings. The first kappa shape index (κ1) is 14.6. The lowest BCUT2D eigenvalue weighted by molar-refractivity contribution is 0.0957. The molecule has 0 bridgehead atoms. The second kappa shape index (κ2) is 6.27. The number of anilines is 1. The summed E-state index contributed by atoms with van der Waals surface area (Å²) in [6.07, 6.45) is 8.03. The molecule has 0 spiro atoms. The molecule has 7 heteroatoms. The Labute approximate surface area is 138 Å². The van der Waals surface area contributed by atoms with Crippen molar-refractivity contribution < 1.29 is 9.21 Å². The molecule has 0 aliphatic carbocycles. The molecule has 0 atom stereocenters. The number of amides is 1. The summed E-state index contributed by atoms with van der Waals surface area (Å²) in [5.74, 6) is 1.58. The second-order valence-electron chi connectivity index (χ2n) is 5.77. The van der Waals surface area contributed by atoms with Gasteiger partial charge in [-0.15, -0.1) is 5.10 Å². The highest BCUT2D eigenvalue weighted by molar-refractivity contribution is 6.04. The summed E-state index contributed by atoms with van der Waals surface area (Å²) in [6.45, 7) is 1.10. The minimum Gasteiger partial charge on any atom is -0.454 e. The van der Waals surface area contributed by atoms with Crippen LogP contribution in [0.1, 0.15) is 34.7 Å². The standard InChI is InChI=1S/C17H17N5O2/c23-17(15-7-6-14(24-15)12-21-11-9-19-20-21)22-10-2-1-4-13-5-3-8-18-16(13)22/h3,5-9,11H,1-2,4,10,12H2. The maximum absolute atomic E-state index is 12.9. The number of pyridine rings is 1. The van der Waals surface area contributed by atoms with Crippen LogP contribution < -0.4 is 4.90 Å². The third-order valence-corrected chi connectivity index (χ3v) is 4.11. The van der Waals surface area contributed by atoms with Crippen molar-refractivity contribution in [3.8, 4) is 0 Å². The van der Waals surface area contributed by atoms with E-state index < -0.39 is 0 Å². The minimum absolute atomic E-state index is 0.151. The van der Waals surface area contributed by atoms with Gasteiger partial charge in [-0.1, -0.05) is 11.3 Å². The van der Waals surface area contributed by atoms with Crippen LogP contribution in [-0.4, -0.2) is 32.4 Å². The van der Waals surface area contributed by atoms with Crippen molar-refractivity contribution in [2.75, 3.05) is 11.4 Å². The summed E-state index contributed by atoms with van der Waals surface area (Å²) in [6, 6.07) is 7.45. The molecule has 0 radical (unpaired) electrons. The molecule has 1 aliphatic heterocycles. The number of aromatic nitrogens is 4. The highest BCUT2D eigenvalue weighted by atomic mass is 16.4. The number of hydrogen-bond acceptors (Lipinski definition) is 5. The molecule has 0 aromatic carbocycles. The van der Waals surface area contributed by atoms with Crippen LogP contribution in [0.2, 0.25) is 0 Å². The van der Waals surface area contributed by atoms with E-state index in [0.717, 1.165) is 30.6 Å². The Hall–Kier alpha value is -2.96. The molecule has 0 unspecified atom stereocenters. The van der Waals surface area contributed by atoms with E-state index in [1.165, 1.54) is 0 Å². The Morgan fingerprint density at radius 1 is 1.21 bits per heavy atom. The molecule has 1 aliphatic rings. The fourth-order valence-corrected chi connectivity index (χ4v) is 2.95. The molecule has 3 aromatic heterocycles. The van der Waals surface area contributed by atoms with E-state index in [9.17, 15) is 4.79 Å². The van der Waals surface area contributed by atoms with E-state index in [0.29, 0.717) is 24.6 Å². The van der Waals surface area contributed by atoms with Gasteiger partial charge in [-0.05, 0) is 43.0 Å². The van der Waals surface area contributed by atoms with Crippen LogP contribution in [0.5, 0.6) is 0 Å². The fraction of sp³-hybridized carbons (Fsp3) is 0.294. The highest BCUT2D eigenvalue weighted by Crippen LogP contribution is 2.25. The first-order chi connectivity index (χ1) is 11.8. The number of nitrogens with zero attached hydrogens (tertiary/aromatic N) is 5. The van der Waals surface area contributed by atoms with Crippen molar-refractivity contribution in [1.82, 2.24) is 20.0 Å². The minimum atomic E-state index is -0.151. The van der Waals surface area contributed by atoms with Crippen LogP contribution in [0, 0.1) is 0 Å². The Morgan fingerprint density at radius 2 is 2.17 bits per heavy atom. The molecular formula is C17H17N5O2. The van der Waals surface area contributed by atoms with Crippen molar-refractivity contribution in [2.45, 2.75) is 25.8 Å². The van der Waals surface area contributed by atoms with Gasteiger partial charge < -0.3 is 4.42 Å². The SMILES string of the molecule is O=C(c1ccc(Cn2ccnn2)o1)N1CCCCc2cccnc21. The number of aryl methyl sites for hydroxylation is 1. The smallest absolute Gasteiger partial charge is 0.295 e. The molecule has 1 amide bonds. The number of hydrogen-bond donors (Lipinski definition) is 0. The zero-order valence-corrected chi connectivity index (χ0v) is 13.1. The van der Waals surface area contributed by atoms with Crippen molar-refractivity contribution in [3.63, 3.8) is 0 Å². The monoisotopic (exact) mass is 323 g/mol. The quantitative estimate of drug-likeness (QED) is 0.739. The maximum Gasteiger partial charge on any atom is 0.295 e. The lowest BCUT2D eigenvalue weighted by atomic mass is 10.1. The normalized spacial score (nSPS) is 14.2. The number of furan rings is 1. The number of carbonyl (C=O) groups is 1. The van der Waals surface area contributed by atoms with E-state index in [-0.39, 0.29) is 5.91 Å². The van der Waals surface area contributed by atoms with Crippen LogP contribution in [0.25, 0.3) is 0 Å². The molecule has 4 rings (SSSR count). The van der Waals surface area contributed by atoms with E-state index in [2.05, 4.69) is 15.3 Å². The summed E-state index contributed by atoms with van der Waals surface area (Å²) in [4.78, 5) is 19.0. The van der Waals surface area contributed by atoms with Gasteiger partial charge in [0.2, 0.25) is 0 Å². The largest absolute Gasteiger partial charge is 0.454 e. The third-order valence-electron chi connectivity index (χ3n) is 4.11. The lowest BCUT2D eigenvalue weighted by Gasteiger charge is -2.20. The molecular weight excluding hydrogens is 306 g/mol. The Kier molecular flexibility index (Phi) is 3.82. The molecule has 0 saturated carbocycles. The molecule has 24 heavy (non-hydrogen) atoms. The summed E-state index contributed by atoms with van der Waals surface area (Å²) >= 11 is 0. The predicted octanol–water partition coefficient (Wildman–Crippen LogP) is 2.30. The Balaban J connectivity index is 1.58. The summed E-state index contributed by atoms with van der Waals surface area (Å²) in [7, 11) is 0. The number of fused-ring (bicyclic) bond motifs is 1.